The number of carbonyl (C=O) groups is 2. The summed E-state index contributed by atoms with van der Waals surface area (Å²) in [5.41, 5.74) is 7.57. The van der Waals surface area contributed by atoms with Gasteiger partial charge < -0.3 is 10.5 Å². The molecule has 2 N–H and O–H groups in total. The summed E-state index contributed by atoms with van der Waals surface area (Å²) >= 11 is 0. The predicted octanol–water partition coefficient (Wildman–Crippen LogP) is 3.41. The fourth-order valence-corrected chi connectivity index (χ4v) is 4.27. The van der Waals surface area contributed by atoms with Crippen molar-refractivity contribution in [1.82, 2.24) is 4.90 Å². The van der Waals surface area contributed by atoms with Crippen LogP contribution in [0.5, 0.6) is 0 Å². The minimum atomic E-state index is -0.522. The first-order valence-electron chi connectivity index (χ1n) is 10.3. The molecule has 2 fully saturated rings. The number of likely N-dealkylation sites (tertiary alicyclic amines) is 1. The number of amides is 2. The Morgan fingerprint density at radius 3 is 2.70 bits per heavy atom. The van der Waals surface area contributed by atoms with E-state index in [4.69, 9.17) is 10.5 Å². The molecule has 0 radical (unpaired) electrons. The van der Waals surface area contributed by atoms with E-state index in [1.807, 2.05) is 18.2 Å². The van der Waals surface area contributed by atoms with Crippen LogP contribution in [0.2, 0.25) is 0 Å². The van der Waals surface area contributed by atoms with Crippen molar-refractivity contribution < 1.29 is 18.7 Å². The summed E-state index contributed by atoms with van der Waals surface area (Å²) in [5, 5.41) is 0. The summed E-state index contributed by atoms with van der Waals surface area (Å²) < 4.78 is 20.2. The first kappa shape index (κ1) is 20.3. The van der Waals surface area contributed by atoms with Crippen LogP contribution in [0.25, 0.3) is 0 Å². The van der Waals surface area contributed by atoms with Gasteiger partial charge in [0.2, 0.25) is 5.91 Å². The third-order valence-corrected chi connectivity index (χ3v) is 5.84. The van der Waals surface area contributed by atoms with Crippen LogP contribution in [0.3, 0.4) is 0 Å². The van der Waals surface area contributed by atoms with Crippen molar-refractivity contribution >= 4 is 17.7 Å². The van der Waals surface area contributed by atoms with Gasteiger partial charge in [0.15, 0.2) is 0 Å². The number of halogens is 1. The van der Waals surface area contributed by atoms with Gasteiger partial charge in [-0.3, -0.25) is 14.6 Å². The first-order chi connectivity index (χ1) is 14.5. The van der Waals surface area contributed by atoms with Gasteiger partial charge >= 0.3 is 6.09 Å². The highest BCUT2D eigenvalue weighted by Crippen LogP contribution is 2.33. The van der Waals surface area contributed by atoms with Crippen molar-refractivity contribution in [3.8, 4) is 0 Å². The second-order valence-electron chi connectivity index (χ2n) is 8.03. The fraction of sp³-hybridized carbons (Fsp3) is 0.391. The number of nitrogens with two attached hydrogens (primary N) is 1. The molecule has 158 valence electrons. The Bertz CT molecular complexity index is 921. The maximum Gasteiger partial charge on any atom is 0.414 e. The molecule has 2 saturated heterocycles. The van der Waals surface area contributed by atoms with Crippen LogP contribution in [0.15, 0.2) is 48.5 Å². The van der Waals surface area contributed by atoms with Gasteiger partial charge in [0.05, 0.1) is 12.2 Å². The molecule has 0 aliphatic carbocycles. The maximum absolute atomic E-state index is 14.9. The van der Waals surface area contributed by atoms with E-state index in [1.54, 1.807) is 12.1 Å². The van der Waals surface area contributed by atoms with Gasteiger partial charge in [0.25, 0.3) is 0 Å². The Labute approximate surface area is 175 Å². The second-order valence-corrected chi connectivity index (χ2v) is 8.03. The van der Waals surface area contributed by atoms with Crippen LogP contribution in [0, 0.1) is 5.82 Å². The molecule has 2 atom stereocenters. The van der Waals surface area contributed by atoms with E-state index in [9.17, 15) is 14.0 Å². The van der Waals surface area contributed by atoms with Crippen molar-refractivity contribution in [1.29, 1.82) is 0 Å². The number of nitrogens with zero attached hydrogens (tertiary/aromatic N) is 2. The van der Waals surface area contributed by atoms with Gasteiger partial charge in [0.1, 0.15) is 11.9 Å². The monoisotopic (exact) mass is 411 g/mol. The number of ether oxygens (including phenoxy) is 1. The molecule has 2 heterocycles. The van der Waals surface area contributed by atoms with Crippen LogP contribution in [0.1, 0.15) is 36.3 Å². The Kier molecular flexibility index (Phi) is 5.99. The summed E-state index contributed by atoms with van der Waals surface area (Å²) in [7, 11) is 0. The lowest BCUT2D eigenvalue weighted by atomic mass is 9.97. The molecular weight excluding hydrogens is 385 g/mol. The molecule has 0 saturated carbocycles. The average molecular weight is 411 g/mol. The molecule has 0 spiro atoms. The van der Waals surface area contributed by atoms with E-state index in [0.717, 1.165) is 26.1 Å². The predicted molar refractivity (Wildman–Crippen MR) is 112 cm³/mol. The topological polar surface area (TPSA) is 75.9 Å². The summed E-state index contributed by atoms with van der Waals surface area (Å²) in [6.45, 7) is 2.90. The number of primary amides is 1. The number of anilines is 1. The van der Waals surface area contributed by atoms with Gasteiger partial charge in [-0.15, -0.1) is 0 Å². The van der Waals surface area contributed by atoms with Crippen molar-refractivity contribution in [2.24, 2.45) is 5.73 Å². The van der Waals surface area contributed by atoms with Crippen LogP contribution < -0.4 is 10.6 Å². The molecule has 2 aromatic carbocycles. The third-order valence-electron chi connectivity index (χ3n) is 5.84. The molecule has 0 bridgehead atoms. The van der Waals surface area contributed by atoms with Crippen molar-refractivity contribution in [3.05, 3.63) is 65.5 Å². The number of carbonyl (C=O) groups excluding carboxylic acids is 2. The van der Waals surface area contributed by atoms with E-state index in [2.05, 4.69) is 17.0 Å². The summed E-state index contributed by atoms with van der Waals surface area (Å²) in [6.07, 6.45) is 0.502. The van der Waals surface area contributed by atoms with Crippen LogP contribution in [-0.4, -0.2) is 42.6 Å². The Hall–Kier alpha value is -2.93. The molecule has 2 amide bonds. The van der Waals surface area contributed by atoms with E-state index < -0.39 is 18.1 Å². The molecule has 2 aromatic rings. The first-order valence-corrected chi connectivity index (χ1v) is 10.3. The number of benzene rings is 2. The van der Waals surface area contributed by atoms with Gasteiger partial charge in [-0.05, 0) is 42.6 Å². The number of hydrogen-bond acceptors (Lipinski definition) is 4. The molecular formula is C23H26FN3O3. The van der Waals surface area contributed by atoms with E-state index >= 15 is 0 Å². The van der Waals surface area contributed by atoms with Crippen LogP contribution >= 0.6 is 0 Å². The molecule has 0 aromatic heterocycles. The number of hydrogen-bond donors (Lipinski definition) is 1. The quantitative estimate of drug-likeness (QED) is 0.758. The Morgan fingerprint density at radius 1 is 1.17 bits per heavy atom. The van der Waals surface area contributed by atoms with Crippen LogP contribution in [0.4, 0.5) is 14.9 Å². The molecule has 2 aliphatic rings. The third kappa shape index (κ3) is 4.62. The zero-order valence-electron chi connectivity index (χ0n) is 16.8. The van der Waals surface area contributed by atoms with Crippen molar-refractivity contribution in [3.63, 3.8) is 0 Å². The highest BCUT2D eigenvalue weighted by molar-refractivity contribution is 5.89. The maximum atomic E-state index is 14.9. The van der Waals surface area contributed by atoms with E-state index in [1.165, 1.54) is 16.5 Å². The highest BCUT2D eigenvalue weighted by Gasteiger charge is 2.33. The number of rotatable bonds is 7. The lowest BCUT2D eigenvalue weighted by molar-refractivity contribution is -0.118. The van der Waals surface area contributed by atoms with Gasteiger partial charge in [0, 0.05) is 25.4 Å². The molecule has 7 heteroatoms. The number of cyclic esters (lactones) is 1. The molecule has 4 rings (SSSR count). The summed E-state index contributed by atoms with van der Waals surface area (Å²) in [6, 6.07) is 15.2. The fourth-order valence-electron chi connectivity index (χ4n) is 4.27. The van der Waals surface area contributed by atoms with E-state index in [0.29, 0.717) is 24.2 Å². The standard InChI is InChI=1S/C23H26FN3O3/c24-21-12-18(27-15-19(30-23(27)29)7-9-22(25)28)6-8-20(21)17-10-11-26(14-17)13-16-4-2-1-3-5-16/h1-6,8,12,17,19H,7,9-11,13-15H2,(H2,25,28)/t17?,19-/m0/s1. The molecule has 1 unspecified atom stereocenters. The Morgan fingerprint density at radius 2 is 1.97 bits per heavy atom. The van der Waals surface area contributed by atoms with Crippen LogP contribution in [-0.2, 0) is 16.1 Å². The lowest BCUT2D eigenvalue weighted by Gasteiger charge is -2.18. The largest absolute Gasteiger partial charge is 0.444 e. The molecule has 30 heavy (non-hydrogen) atoms. The smallest absolute Gasteiger partial charge is 0.414 e. The summed E-state index contributed by atoms with van der Waals surface area (Å²) in [4.78, 5) is 26.8. The summed E-state index contributed by atoms with van der Waals surface area (Å²) in [5.74, 6) is -0.596. The van der Waals surface area contributed by atoms with Crippen molar-refractivity contribution in [2.45, 2.75) is 37.8 Å². The molecule has 6 nitrogen and oxygen atoms in total. The lowest BCUT2D eigenvalue weighted by Crippen LogP contribution is -2.25. The highest BCUT2D eigenvalue weighted by atomic mass is 19.1. The zero-order chi connectivity index (χ0) is 21.1. The van der Waals surface area contributed by atoms with Gasteiger partial charge in [-0.1, -0.05) is 36.4 Å². The molecule has 2 aliphatic heterocycles. The Balaban J connectivity index is 1.39. The zero-order valence-corrected chi connectivity index (χ0v) is 16.8. The minimum Gasteiger partial charge on any atom is -0.444 e. The minimum absolute atomic E-state index is 0.136. The second kappa shape index (κ2) is 8.83. The van der Waals surface area contributed by atoms with Gasteiger partial charge in [-0.2, -0.15) is 0 Å². The SMILES string of the molecule is NC(=O)CC[C@H]1CN(c2ccc(C3CCN(Cc4ccccc4)C3)c(F)c2)C(=O)O1. The van der Waals surface area contributed by atoms with Gasteiger partial charge in [-0.25, -0.2) is 9.18 Å². The average Bonchev–Trinajstić information content (AvgIpc) is 3.33. The van der Waals surface area contributed by atoms with Crippen molar-refractivity contribution in [2.75, 3.05) is 24.5 Å². The normalized spacial score (nSPS) is 21.8. The van der Waals surface area contributed by atoms with E-state index in [-0.39, 0.29) is 18.2 Å².